The molecule has 0 aliphatic rings. The summed E-state index contributed by atoms with van der Waals surface area (Å²) < 4.78 is 28.5. The molecule has 2 N–H and O–H groups in total. The van der Waals surface area contributed by atoms with Crippen LogP contribution >= 0.6 is 11.3 Å². The maximum Gasteiger partial charge on any atom is 0.250 e. The Morgan fingerprint density at radius 3 is 2.48 bits per heavy atom. The Balaban J connectivity index is 1.71. The first-order valence-corrected chi connectivity index (χ1v) is 11.7. The molecular formula is C22H23N3O2S2. The molecule has 0 saturated carbocycles. The molecule has 1 atom stereocenters. The predicted octanol–water partition coefficient (Wildman–Crippen LogP) is 4.41. The van der Waals surface area contributed by atoms with Gasteiger partial charge >= 0.3 is 0 Å². The third-order valence-electron chi connectivity index (χ3n) is 5.05. The summed E-state index contributed by atoms with van der Waals surface area (Å²) in [6, 6.07) is 19.7. The van der Waals surface area contributed by atoms with Crippen molar-refractivity contribution < 1.29 is 8.42 Å². The molecule has 0 saturated heterocycles. The average Bonchev–Trinajstić information content (AvgIpc) is 3.39. The molecule has 0 spiro atoms. The molecule has 0 unspecified atom stereocenters. The first-order valence-electron chi connectivity index (χ1n) is 9.32. The molecule has 29 heavy (non-hydrogen) atoms. The van der Waals surface area contributed by atoms with Crippen molar-refractivity contribution in [3.63, 3.8) is 0 Å². The van der Waals surface area contributed by atoms with Gasteiger partial charge in [-0.15, -0.1) is 11.3 Å². The number of fused-ring (bicyclic) bond motifs is 1. The number of hydrogen-bond donors (Lipinski definition) is 2. The number of thiophene rings is 1. The fourth-order valence-corrected chi connectivity index (χ4v) is 5.56. The normalized spacial score (nSPS) is 12.9. The summed E-state index contributed by atoms with van der Waals surface area (Å²) in [5.41, 5.74) is 4.28. The van der Waals surface area contributed by atoms with Crippen molar-refractivity contribution in [3.8, 4) is 0 Å². The first-order chi connectivity index (χ1) is 14.0. The number of hydrogen-bond acceptors (Lipinski definition) is 4. The van der Waals surface area contributed by atoms with Gasteiger partial charge in [0.1, 0.15) is 4.21 Å². The standard InChI is InChI=1S/C22H23N3O2S2/c1-25(2)17-11-9-16(10-12-17)19(15-24-29(26,27)22-8-5-13-28-22)20-14-23-21-7-4-3-6-18(20)21/h3-14,19,23-24H,15H2,1-2H3/t19-/m1/s1. The Kier molecular flexibility index (Phi) is 5.45. The number of rotatable bonds is 7. The Morgan fingerprint density at radius 1 is 1.03 bits per heavy atom. The lowest BCUT2D eigenvalue weighted by molar-refractivity contribution is 0.580. The zero-order chi connectivity index (χ0) is 20.4. The molecular weight excluding hydrogens is 402 g/mol. The van der Waals surface area contributed by atoms with Gasteiger partial charge in [-0.1, -0.05) is 36.4 Å². The van der Waals surface area contributed by atoms with Crippen LogP contribution < -0.4 is 9.62 Å². The minimum absolute atomic E-state index is 0.114. The molecule has 5 nitrogen and oxygen atoms in total. The third kappa shape index (κ3) is 4.07. The van der Waals surface area contributed by atoms with Crippen LogP contribution in [-0.2, 0) is 10.0 Å². The maximum atomic E-state index is 12.7. The highest BCUT2D eigenvalue weighted by atomic mass is 32.2. The van der Waals surface area contributed by atoms with Gasteiger partial charge in [-0.25, -0.2) is 13.1 Å². The summed E-state index contributed by atoms with van der Waals surface area (Å²) >= 11 is 1.22. The number of H-pyrrole nitrogens is 1. The largest absolute Gasteiger partial charge is 0.378 e. The Morgan fingerprint density at radius 2 is 1.79 bits per heavy atom. The van der Waals surface area contributed by atoms with Crippen molar-refractivity contribution >= 4 is 38.0 Å². The van der Waals surface area contributed by atoms with Crippen LogP contribution in [0.2, 0.25) is 0 Å². The predicted molar refractivity (Wildman–Crippen MR) is 120 cm³/mol. The molecule has 150 valence electrons. The van der Waals surface area contributed by atoms with Crippen molar-refractivity contribution in [1.82, 2.24) is 9.71 Å². The first kappa shape index (κ1) is 19.7. The van der Waals surface area contributed by atoms with E-state index in [1.165, 1.54) is 11.3 Å². The number of nitrogens with zero attached hydrogens (tertiary/aromatic N) is 1. The summed E-state index contributed by atoms with van der Waals surface area (Å²) in [4.78, 5) is 5.35. The van der Waals surface area contributed by atoms with E-state index in [2.05, 4.69) is 40.0 Å². The third-order valence-corrected chi connectivity index (χ3v) is 7.87. The minimum Gasteiger partial charge on any atom is -0.378 e. The number of aromatic amines is 1. The van der Waals surface area contributed by atoms with Crippen LogP contribution in [0.3, 0.4) is 0 Å². The van der Waals surface area contributed by atoms with Gasteiger partial charge in [0.2, 0.25) is 10.0 Å². The molecule has 0 bridgehead atoms. The molecule has 0 aliphatic carbocycles. The quantitative estimate of drug-likeness (QED) is 0.461. The Bertz CT molecular complexity index is 1190. The van der Waals surface area contributed by atoms with Gasteiger partial charge in [0.05, 0.1) is 0 Å². The number of benzene rings is 2. The van der Waals surface area contributed by atoms with Crippen molar-refractivity contribution in [3.05, 3.63) is 83.4 Å². The Hall–Kier alpha value is -2.61. The van der Waals surface area contributed by atoms with Crippen LogP contribution in [0, 0.1) is 0 Å². The number of para-hydroxylation sites is 1. The molecule has 7 heteroatoms. The topological polar surface area (TPSA) is 65.2 Å². The van der Waals surface area contributed by atoms with Crippen LogP contribution in [0.5, 0.6) is 0 Å². The highest BCUT2D eigenvalue weighted by Crippen LogP contribution is 2.32. The summed E-state index contributed by atoms with van der Waals surface area (Å²) in [5, 5.41) is 2.87. The second-order valence-corrected chi connectivity index (χ2v) is 10.1. The van der Waals surface area contributed by atoms with E-state index in [0.717, 1.165) is 27.7 Å². The highest BCUT2D eigenvalue weighted by molar-refractivity contribution is 7.91. The maximum absolute atomic E-state index is 12.7. The molecule has 0 fully saturated rings. The van der Waals surface area contributed by atoms with E-state index in [4.69, 9.17) is 0 Å². The van der Waals surface area contributed by atoms with Gasteiger partial charge in [0.25, 0.3) is 0 Å². The van der Waals surface area contributed by atoms with E-state index in [-0.39, 0.29) is 12.5 Å². The van der Waals surface area contributed by atoms with Gasteiger partial charge in [-0.2, -0.15) is 0 Å². The number of nitrogens with one attached hydrogen (secondary N) is 2. The van der Waals surface area contributed by atoms with Crippen LogP contribution in [-0.4, -0.2) is 34.0 Å². The Labute approximate surface area is 175 Å². The zero-order valence-corrected chi connectivity index (χ0v) is 17.9. The zero-order valence-electron chi connectivity index (χ0n) is 16.3. The molecule has 0 aliphatic heterocycles. The second kappa shape index (κ2) is 8.02. The molecule has 2 aromatic carbocycles. The van der Waals surface area contributed by atoms with Crippen LogP contribution in [0.4, 0.5) is 5.69 Å². The molecule has 2 aromatic heterocycles. The van der Waals surface area contributed by atoms with Crippen molar-refractivity contribution in [2.75, 3.05) is 25.5 Å². The smallest absolute Gasteiger partial charge is 0.250 e. The monoisotopic (exact) mass is 425 g/mol. The fraction of sp³-hybridized carbons (Fsp3) is 0.182. The van der Waals surface area contributed by atoms with Gasteiger partial charge in [-0.3, -0.25) is 0 Å². The van der Waals surface area contributed by atoms with Gasteiger partial charge in [-0.05, 0) is 40.8 Å². The number of aromatic nitrogens is 1. The van der Waals surface area contributed by atoms with E-state index in [0.29, 0.717) is 4.21 Å². The minimum atomic E-state index is -3.54. The van der Waals surface area contributed by atoms with E-state index < -0.39 is 10.0 Å². The molecule has 4 rings (SSSR count). The summed E-state index contributed by atoms with van der Waals surface area (Å²) in [5.74, 6) is -0.114. The number of anilines is 1. The molecule has 0 amide bonds. The van der Waals surface area contributed by atoms with Gasteiger partial charge in [0.15, 0.2) is 0 Å². The van der Waals surface area contributed by atoms with E-state index in [9.17, 15) is 8.42 Å². The van der Waals surface area contributed by atoms with E-state index in [1.807, 2.05) is 43.4 Å². The lowest BCUT2D eigenvalue weighted by atomic mass is 9.91. The fourth-order valence-electron chi connectivity index (χ4n) is 3.47. The molecule has 0 radical (unpaired) electrons. The summed E-state index contributed by atoms with van der Waals surface area (Å²) in [6.07, 6.45) is 1.98. The average molecular weight is 426 g/mol. The van der Waals surface area contributed by atoms with Crippen molar-refractivity contribution in [2.24, 2.45) is 0 Å². The summed E-state index contributed by atoms with van der Waals surface area (Å²) in [6.45, 7) is 0.281. The van der Waals surface area contributed by atoms with E-state index >= 15 is 0 Å². The van der Waals surface area contributed by atoms with Crippen LogP contribution in [0.25, 0.3) is 10.9 Å². The summed E-state index contributed by atoms with van der Waals surface area (Å²) in [7, 11) is 0.467. The lowest BCUT2D eigenvalue weighted by Crippen LogP contribution is -2.28. The lowest BCUT2D eigenvalue weighted by Gasteiger charge is -2.20. The number of sulfonamides is 1. The van der Waals surface area contributed by atoms with Crippen molar-refractivity contribution in [2.45, 2.75) is 10.1 Å². The highest BCUT2D eigenvalue weighted by Gasteiger charge is 2.22. The van der Waals surface area contributed by atoms with Gasteiger partial charge in [0, 0.05) is 49.3 Å². The van der Waals surface area contributed by atoms with Crippen LogP contribution in [0.1, 0.15) is 17.0 Å². The van der Waals surface area contributed by atoms with Crippen LogP contribution in [0.15, 0.2) is 76.4 Å². The SMILES string of the molecule is CN(C)c1ccc([C@@H](CNS(=O)(=O)c2cccs2)c2c[nH]c3ccccc23)cc1. The molecule has 2 heterocycles. The van der Waals surface area contributed by atoms with Crippen molar-refractivity contribution in [1.29, 1.82) is 0 Å². The second-order valence-electron chi connectivity index (χ2n) is 7.11. The van der Waals surface area contributed by atoms with Gasteiger partial charge < -0.3 is 9.88 Å². The van der Waals surface area contributed by atoms with E-state index in [1.54, 1.807) is 17.5 Å². The molecule has 4 aromatic rings.